The summed E-state index contributed by atoms with van der Waals surface area (Å²) >= 11 is 0. The van der Waals surface area contributed by atoms with Gasteiger partial charge in [-0.1, -0.05) is 18.2 Å². The standard InChI is InChI=1S/C19H22N2O3/c1-19(2)13-21(18(22)20-15-7-5-4-6-8-15)12-14-9-10-16(23-3)11-17(14)24-19/h4-11H,12-13H2,1-3H3,(H,20,22). The van der Waals surface area contributed by atoms with Crippen LogP contribution in [-0.4, -0.2) is 30.2 Å². The summed E-state index contributed by atoms with van der Waals surface area (Å²) in [4.78, 5) is 14.4. The molecule has 0 fully saturated rings. The Kier molecular flexibility index (Phi) is 4.34. The summed E-state index contributed by atoms with van der Waals surface area (Å²) < 4.78 is 11.4. The maximum atomic E-state index is 12.7. The summed E-state index contributed by atoms with van der Waals surface area (Å²) in [6, 6.07) is 15.0. The maximum Gasteiger partial charge on any atom is 0.322 e. The molecule has 0 saturated carbocycles. The molecule has 0 unspecified atom stereocenters. The Bertz CT molecular complexity index is 729. The lowest BCUT2D eigenvalue weighted by Crippen LogP contribution is -2.44. The number of nitrogens with one attached hydrogen (secondary N) is 1. The van der Waals surface area contributed by atoms with Crippen LogP contribution in [0.4, 0.5) is 10.5 Å². The third-order valence-corrected chi connectivity index (χ3v) is 3.91. The highest BCUT2D eigenvalue weighted by Gasteiger charge is 2.31. The zero-order valence-electron chi connectivity index (χ0n) is 14.2. The second-order valence-corrected chi connectivity index (χ2v) is 6.49. The Balaban J connectivity index is 1.84. The van der Waals surface area contributed by atoms with E-state index in [-0.39, 0.29) is 6.03 Å². The van der Waals surface area contributed by atoms with Crippen molar-refractivity contribution in [2.45, 2.75) is 26.0 Å². The number of hydrogen-bond donors (Lipinski definition) is 1. The molecule has 24 heavy (non-hydrogen) atoms. The highest BCUT2D eigenvalue weighted by molar-refractivity contribution is 5.89. The molecule has 3 rings (SSSR count). The van der Waals surface area contributed by atoms with Gasteiger partial charge in [-0.3, -0.25) is 0 Å². The van der Waals surface area contributed by atoms with Crippen molar-refractivity contribution in [2.75, 3.05) is 19.0 Å². The van der Waals surface area contributed by atoms with Crippen LogP contribution in [0.3, 0.4) is 0 Å². The molecule has 126 valence electrons. The molecule has 5 heteroatoms. The third kappa shape index (κ3) is 3.62. The van der Waals surface area contributed by atoms with E-state index in [0.717, 1.165) is 22.7 Å². The Hall–Kier alpha value is -2.69. The van der Waals surface area contributed by atoms with E-state index in [4.69, 9.17) is 9.47 Å². The number of anilines is 1. The van der Waals surface area contributed by atoms with Crippen LogP contribution >= 0.6 is 0 Å². The molecule has 1 aliphatic rings. The molecular formula is C19H22N2O3. The van der Waals surface area contributed by atoms with Gasteiger partial charge in [-0.25, -0.2) is 4.79 Å². The number of methoxy groups -OCH3 is 1. The molecule has 1 N–H and O–H groups in total. The highest BCUT2D eigenvalue weighted by atomic mass is 16.5. The summed E-state index contributed by atoms with van der Waals surface area (Å²) in [5.41, 5.74) is 1.25. The quantitative estimate of drug-likeness (QED) is 0.910. The van der Waals surface area contributed by atoms with Crippen LogP contribution in [-0.2, 0) is 6.54 Å². The van der Waals surface area contributed by atoms with Crippen LogP contribution in [0.2, 0.25) is 0 Å². The van der Waals surface area contributed by atoms with Gasteiger partial charge in [0.1, 0.15) is 17.1 Å². The topological polar surface area (TPSA) is 50.8 Å². The fourth-order valence-corrected chi connectivity index (χ4v) is 2.81. The van der Waals surface area contributed by atoms with Gasteiger partial charge in [-0.2, -0.15) is 0 Å². The number of para-hydroxylation sites is 1. The van der Waals surface area contributed by atoms with Crippen molar-refractivity contribution in [3.8, 4) is 11.5 Å². The van der Waals surface area contributed by atoms with Crippen molar-refractivity contribution in [1.82, 2.24) is 4.90 Å². The monoisotopic (exact) mass is 326 g/mol. The Labute approximate surface area is 142 Å². The number of ether oxygens (including phenoxy) is 2. The number of carbonyl (C=O) groups is 1. The average Bonchev–Trinajstić information content (AvgIpc) is 2.69. The maximum absolute atomic E-state index is 12.7. The molecule has 0 saturated heterocycles. The smallest absolute Gasteiger partial charge is 0.322 e. The molecule has 2 amide bonds. The fourth-order valence-electron chi connectivity index (χ4n) is 2.81. The first-order chi connectivity index (χ1) is 11.5. The summed E-state index contributed by atoms with van der Waals surface area (Å²) in [5, 5.41) is 2.94. The van der Waals surface area contributed by atoms with Gasteiger partial charge in [-0.05, 0) is 38.1 Å². The number of benzene rings is 2. The van der Waals surface area contributed by atoms with Crippen molar-refractivity contribution in [2.24, 2.45) is 0 Å². The minimum atomic E-state index is -0.494. The number of carbonyl (C=O) groups excluding carboxylic acids is 1. The highest BCUT2D eigenvalue weighted by Crippen LogP contribution is 2.32. The summed E-state index contributed by atoms with van der Waals surface area (Å²) in [6.45, 7) is 4.93. The van der Waals surface area contributed by atoms with Crippen molar-refractivity contribution >= 4 is 11.7 Å². The lowest BCUT2D eigenvalue weighted by atomic mass is 10.1. The molecule has 1 heterocycles. The Morgan fingerprint density at radius 2 is 1.96 bits per heavy atom. The largest absolute Gasteiger partial charge is 0.497 e. The van der Waals surface area contributed by atoms with E-state index < -0.39 is 5.60 Å². The minimum absolute atomic E-state index is 0.137. The van der Waals surface area contributed by atoms with E-state index in [1.54, 1.807) is 12.0 Å². The zero-order valence-corrected chi connectivity index (χ0v) is 14.2. The van der Waals surface area contributed by atoms with E-state index in [1.165, 1.54) is 0 Å². The molecule has 0 bridgehead atoms. The molecule has 5 nitrogen and oxygen atoms in total. The van der Waals surface area contributed by atoms with Gasteiger partial charge in [0.25, 0.3) is 0 Å². The molecule has 0 radical (unpaired) electrons. The predicted octanol–water partition coefficient (Wildman–Crippen LogP) is 3.90. The van der Waals surface area contributed by atoms with Crippen LogP contribution in [0, 0.1) is 0 Å². The van der Waals surface area contributed by atoms with Gasteiger partial charge < -0.3 is 19.7 Å². The van der Waals surface area contributed by atoms with Crippen molar-refractivity contribution in [3.63, 3.8) is 0 Å². The first-order valence-corrected chi connectivity index (χ1v) is 7.94. The molecule has 2 aromatic carbocycles. The van der Waals surface area contributed by atoms with Crippen LogP contribution in [0.5, 0.6) is 11.5 Å². The van der Waals surface area contributed by atoms with Crippen molar-refractivity contribution in [1.29, 1.82) is 0 Å². The molecule has 0 spiro atoms. The number of urea groups is 1. The van der Waals surface area contributed by atoms with Crippen LogP contribution in [0.15, 0.2) is 48.5 Å². The lowest BCUT2D eigenvalue weighted by Gasteiger charge is -2.29. The molecule has 0 aromatic heterocycles. The van der Waals surface area contributed by atoms with Gasteiger partial charge in [0.15, 0.2) is 0 Å². The molecule has 0 atom stereocenters. The number of rotatable bonds is 2. The number of amides is 2. The van der Waals surface area contributed by atoms with E-state index in [1.807, 2.05) is 62.4 Å². The van der Waals surface area contributed by atoms with E-state index >= 15 is 0 Å². The van der Waals surface area contributed by atoms with Crippen molar-refractivity contribution in [3.05, 3.63) is 54.1 Å². The fraction of sp³-hybridized carbons (Fsp3) is 0.316. The SMILES string of the molecule is COc1ccc2c(c1)OC(C)(C)CN(C(=O)Nc1ccccc1)C2. The summed E-state index contributed by atoms with van der Waals surface area (Å²) in [7, 11) is 1.63. The van der Waals surface area contributed by atoms with Gasteiger partial charge in [-0.15, -0.1) is 0 Å². The van der Waals surface area contributed by atoms with E-state index in [2.05, 4.69) is 5.32 Å². The predicted molar refractivity (Wildman–Crippen MR) is 93.6 cm³/mol. The molecular weight excluding hydrogens is 304 g/mol. The second kappa shape index (κ2) is 6.43. The van der Waals surface area contributed by atoms with E-state index in [0.29, 0.717) is 13.1 Å². The normalized spacial score (nSPS) is 15.7. The molecule has 1 aliphatic heterocycles. The van der Waals surface area contributed by atoms with Gasteiger partial charge in [0.2, 0.25) is 0 Å². The Morgan fingerprint density at radius 3 is 2.67 bits per heavy atom. The molecule has 2 aromatic rings. The van der Waals surface area contributed by atoms with Crippen LogP contribution in [0.25, 0.3) is 0 Å². The number of hydrogen-bond acceptors (Lipinski definition) is 3. The average molecular weight is 326 g/mol. The minimum Gasteiger partial charge on any atom is -0.497 e. The second-order valence-electron chi connectivity index (χ2n) is 6.49. The van der Waals surface area contributed by atoms with Gasteiger partial charge in [0.05, 0.1) is 20.2 Å². The Morgan fingerprint density at radius 1 is 1.21 bits per heavy atom. The molecule has 0 aliphatic carbocycles. The number of nitrogens with zero attached hydrogens (tertiary/aromatic N) is 1. The van der Waals surface area contributed by atoms with Gasteiger partial charge >= 0.3 is 6.03 Å². The van der Waals surface area contributed by atoms with Gasteiger partial charge in [0, 0.05) is 17.3 Å². The lowest BCUT2D eigenvalue weighted by molar-refractivity contribution is 0.0833. The number of fused-ring (bicyclic) bond motifs is 1. The van der Waals surface area contributed by atoms with Crippen LogP contribution < -0.4 is 14.8 Å². The van der Waals surface area contributed by atoms with Crippen LogP contribution in [0.1, 0.15) is 19.4 Å². The van der Waals surface area contributed by atoms with E-state index in [9.17, 15) is 4.79 Å². The summed E-state index contributed by atoms with van der Waals surface area (Å²) in [6.07, 6.45) is 0. The first kappa shape index (κ1) is 16.2. The van der Waals surface area contributed by atoms with Crippen molar-refractivity contribution < 1.29 is 14.3 Å². The summed E-state index contributed by atoms with van der Waals surface area (Å²) in [5.74, 6) is 1.50. The first-order valence-electron chi connectivity index (χ1n) is 7.94. The third-order valence-electron chi connectivity index (χ3n) is 3.91. The zero-order chi connectivity index (χ0) is 17.2.